The average Bonchev–Trinajstić information content (AvgIpc) is 0.918. The second kappa shape index (κ2) is 8.96. The molecule has 0 aliphatic carbocycles. The van der Waals surface area contributed by atoms with E-state index in [1.165, 1.54) is 0 Å². The molecule has 0 saturated carbocycles. The summed E-state index contributed by atoms with van der Waals surface area (Å²) in [6.45, 7) is 0. The van der Waals surface area contributed by atoms with Crippen LogP contribution < -0.4 is 0 Å². The van der Waals surface area contributed by atoms with E-state index in [1.54, 1.807) is 0 Å². The van der Waals surface area contributed by atoms with Crippen LogP contribution in [0.1, 0.15) is 0 Å². The van der Waals surface area contributed by atoms with E-state index in [-0.39, 0.29) is 29.0 Å². The van der Waals surface area contributed by atoms with Crippen molar-refractivity contribution < 1.29 is 35.1 Å². The fourth-order valence-electron chi connectivity index (χ4n) is 0. The molecule has 22 valence electrons. The van der Waals surface area contributed by atoms with Gasteiger partial charge in [-0.1, -0.05) is 0 Å². The molecule has 0 aliphatic heterocycles. The van der Waals surface area contributed by atoms with Crippen LogP contribution in [0.4, 0.5) is 0 Å². The first kappa shape index (κ1) is 9.52. The fourth-order valence-corrected chi connectivity index (χ4v) is 0. The zero-order valence-corrected chi connectivity index (χ0v) is 5.64. The van der Waals surface area contributed by atoms with Crippen molar-refractivity contribution in [1.82, 2.24) is 0 Å². The number of hydrogen-bond acceptors (Lipinski definition) is 0. The van der Waals surface area contributed by atoms with Gasteiger partial charge in [-0.25, -0.2) is 0 Å². The van der Waals surface area contributed by atoms with E-state index < -0.39 is 0 Å². The summed E-state index contributed by atoms with van der Waals surface area (Å²) in [6, 6.07) is 0. The Morgan fingerprint density at radius 3 is 1.75 bits per heavy atom. The van der Waals surface area contributed by atoms with Crippen molar-refractivity contribution >= 4 is 29.0 Å². The van der Waals surface area contributed by atoms with Gasteiger partial charge in [0.1, 0.15) is 0 Å². The second-order valence-corrected chi connectivity index (χ2v) is 6.37. The second-order valence-electron chi connectivity index (χ2n) is 0.125. The molecule has 0 aromatic carbocycles. The van der Waals surface area contributed by atoms with E-state index in [1.807, 2.05) is 0 Å². The molecule has 0 atom stereocenters. The van der Waals surface area contributed by atoms with Crippen molar-refractivity contribution in [2.75, 3.05) is 0 Å². The topological polar surface area (TPSA) is 0 Å². The molecule has 0 N–H and O–H groups in total. The van der Waals surface area contributed by atoms with Gasteiger partial charge in [-0.15, -0.1) is 0 Å². The van der Waals surface area contributed by atoms with Gasteiger partial charge in [0, 0.05) is 0 Å². The third-order valence-electron chi connectivity index (χ3n) is 0. The molecule has 0 fully saturated rings. The van der Waals surface area contributed by atoms with Gasteiger partial charge in [0.25, 0.3) is 0 Å². The molecule has 0 amide bonds. The van der Waals surface area contributed by atoms with Gasteiger partial charge in [-0.2, -0.15) is 0 Å². The van der Waals surface area contributed by atoms with Crippen molar-refractivity contribution in [3.05, 3.63) is 0 Å². The zero-order valence-electron chi connectivity index (χ0n) is 1.56. The molecular weight excluding hydrogens is 156 g/mol. The molecule has 0 saturated heterocycles. The van der Waals surface area contributed by atoms with Crippen molar-refractivity contribution in [2.24, 2.45) is 0 Å². The van der Waals surface area contributed by atoms with Crippen LogP contribution in [0.15, 0.2) is 0 Å². The van der Waals surface area contributed by atoms with Crippen LogP contribution in [0.5, 0.6) is 0 Å². The fraction of sp³-hybridized carbons (Fsp3) is 0. The molecule has 0 unspecified atom stereocenters. The van der Waals surface area contributed by atoms with Crippen molar-refractivity contribution in [3.63, 3.8) is 0 Å². The first-order valence-corrected chi connectivity index (χ1v) is 7.47. The summed E-state index contributed by atoms with van der Waals surface area (Å²) in [5.41, 5.74) is 0. The van der Waals surface area contributed by atoms with Gasteiger partial charge in [0.15, 0.2) is 0 Å². The van der Waals surface area contributed by atoms with Crippen molar-refractivity contribution in [2.45, 2.75) is 0 Å². The van der Waals surface area contributed by atoms with Crippen molar-refractivity contribution in [3.8, 4) is 0 Å². The minimum atomic E-state index is 0. The summed E-state index contributed by atoms with van der Waals surface area (Å²) in [4.78, 5) is 0. The van der Waals surface area contributed by atoms with Crippen LogP contribution in [-0.4, -0.2) is 29.0 Å². The van der Waals surface area contributed by atoms with Gasteiger partial charge in [0.05, 0.1) is 0 Å². The summed E-state index contributed by atoms with van der Waals surface area (Å²) in [7, 11) is 0. The SMILES string of the molecule is [MgH2].[Ti][SiH2][Fe]. The molecule has 0 heterocycles. The maximum atomic E-state index is 3.62. The summed E-state index contributed by atoms with van der Waals surface area (Å²) in [5.74, 6) is 0.167. The van der Waals surface area contributed by atoms with E-state index >= 15 is 0 Å². The third kappa shape index (κ3) is 8.88. The molecule has 0 aromatic heterocycles. The standard InChI is InChI=1S/Fe.Mg.H2Si.Ti.2H/h;;1H2;;;. The van der Waals surface area contributed by atoms with Gasteiger partial charge in [-0.05, 0) is 0 Å². The first-order valence-electron chi connectivity index (χ1n) is 0.604. The Labute approximate surface area is 63.3 Å². The quantitative estimate of drug-likeness (QED) is 0.365. The van der Waals surface area contributed by atoms with E-state index in [4.69, 9.17) is 0 Å². The Bertz CT molecular complexity index is 8.00. The van der Waals surface area contributed by atoms with Crippen molar-refractivity contribution in [1.29, 1.82) is 0 Å². The van der Waals surface area contributed by atoms with Crippen LogP contribution in [-0.2, 0) is 35.1 Å². The monoisotopic (exact) mass is 160 g/mol. The normalized spacial score (nSPS) is 7.00. The minimum absolute atomic E-state index is 0. The molecule has 0 spiro atoms. The van der Waals surface area contributed by atoms with Gasteiger partial charge in [0.2, 0.25) is 0 Å². The van der Waals surface area contributed by atoms with E-state index in [0.717, 1.165) is 0 Å². The molecule has 4 heteroatoms. The predicted molar refractivity (Wildman–Crippen MR) is 17.1 cm³/mol. The van der Waals surface area contributed by atoms with Gasteiger partial charge < -0.3 is 0 Å². The van der Waals surface area contributed by atoms with Gasteiger partial charge in [-0.3, -0.25) is 0 Å². The van der Waals surface area contributed by atoms with Crippen LogP contribution in [0.25, 0.3) is 0 Å². The number of hydrogen-bond donors (Lipinski definition) is 0. The molecule has 0 nitrogen and oxygen atoms in total. The summed E-state index contributed by atoms with van der Waals surface area (Å²) in [6.07, 6.45) is 0. The van der Waals surface area contributed by atoms with Crippen LogP contribution in [0.3, 0.4) is 0 Å². The average molecular weight is 160 g/mol. The van der Waals surface area contributed by atoms with Crippen LogP contribution >= 0.6 is 0 Å². The molecule has 0 aliphatic rings. The van der Waals surface area contributed by atoms with E-state index in [2.05, 4.69) is 35.1 Å². The molecule has 4 heavy (non-hydrogen) atoms. The third-order valence-corrected chi connectivity index (χ3v) is 0. The first-order chi connectivity index (χ1) is 1.41. The van der Waals surface area contributed by atoms with Gasteiger partial charge >= 0.3 is 64.1 Å². The van der Waals surface area contributed by atoms with E-state index in [0.29, 0.717) is 0 Å². The Morgan fingerprint density at radius 2 is 1.75 bits per heavy atom. The maximum absolute atomic E-state index is 3.62. The Morgan fingerprint density at radius 1 is 1.75 bits per heavy atom. The molecule has 0 aromatic rings. The Kier molecular flexibility index (Phi) is 21.3. The summed E-state index contributed by atoms with van der Waals surface area (Å²) < 4.78 is 0. The molecule has 0 rings (SSSR count). The molecule has 0 radical (unpaired) electrons. The number of rotatable bonds is 0. The Hall–Kier alpha value is 2.22. The van der Waals surface area contributed by atoms with E-state index in [9.17, 15) is 0 Å². The zero-order chi connectivity index (χ0) is 2.71. The Balaban J connectivity index is 0. The molecular formula is H4FeMgSiTi. The molecule has 0 bridgehead atoms. The summed E-state index contributed by atoms with van der Waals surface area (Å²) >= 11 is 5.78. The van der Waals surface area contributed by atoms with Crippen LogP contribution in [0, 0.1) is 0 Å². The van der Waals surface area contributed by atoms with Crippen LogP contribution in [0.2, 0.25) is 0 Å². The predicted octanol–water partition coefficient (Wildman–Crippen LogP) is -1.84. The summed E-state index contributed by atoms with van der Waals surface area (Å²) in [5, 5.41) is 0.